The van der Waals surface area contributed by atoms with Crippen LogP contribution in [-0.4, -0.2) is 45.4 Å². The third kappa shape index (κ3) is 2.39. The Morgan fingerprint density at radius 3 is 3.05 bits per heavy atom. The summed E-state index contributed by atoms with van der Waals surface area (Å²) < 4.78 is 11.2. The number of fused-ring (bicyclic) bond motifs is 1. The summed E-state index contributed by atoms with van der Waals surface area (Å²) >= 11 is 0. The lowest BCUT2D eigenvalue weighted by Crippen LogP contribution is -2.45. The highest BCUT2D eigenvalue weighted by atomic mass is 16.5. The van der Waals surface area contributed by atoms with Gasteiger partial charge in [-0.25, -0.2) is 0 Å². The van der Waals surface area contributed by atoms with Crippen LogP contribution in [0.3, 0.4) is 0 Å². The van der Waals surface area contributed by atoms with Gasteiger partial charge in [0.2, 0.25) is 5.91 Å². The number of hydrogen-bond acceptors (Lipinski definition) is 4. The first-order valence-corrected chi connectivity index (χ1v) is 7.09. The van der Waals surface area contributed by atoms with Crippen LogP contribution in [0.4, 0.5) is 5.69 Å². The van der Waals surface area contributed by atoms with Crippen LogP contribution in [0.1, 0.15) is 6.42 Å². The van der Waals surface area contributed by atoms with Crippen LogP contribution in [0.15, 0.2) is 24.3 Å². The van der Waals surface area contributed by atoms with Crippen molar-refractivity contribution in [1.29, 1.82) is 0 Å². The Kier molecular flexibility index (Phi) is 3.89. The minimum Gasteiger partial charge on any atom is -0.491 e. The zero-order chi connectivity index (χ0) is 13.9. The van der Waals surface area contributed by atoms with Crippen molar-refractivity contribution in [3.8, 4) is 5.75 Å². The van der Waals surface area contributed by atoms with Crippen molar-refractivity contribution in [2.24, 2.45) is 5.92 Å². The summed E-state index contributed by atoms with van der Waals surface area (Å²) in [5, 5.41) is 3.17. The van der Waals surface area contributed by atoms with Crippen LogP contribution in [0.2, 0.25) is 0 Å². The van der Waals surface area contributed by atoms with E-state index in [4.69, 9.17) is 9.47 Å². The number of carbonyl (C=O) groups excluding carboxylic acids is 1. The Hall–Kier alpha value is -1.59. The topological polar surface area (TPSA) is 50.8 Å². The van der Waals surface area contributed by atoms with E-state index < -0.39 is 0 Å². The maximum absolute atomic E-state index is 12.8. The van der Waals surface area contributed by atoms with E-state index in [0.717, 1.165) is 17.9 Å². The van der Waals surface area contributed by atoms with Crippen LogP contribution in [0.5, 0.6) is 5.75 Å². The summed E-state index contributed by atoms with van der Waals surface area (Å²) in [6, 6.07) is 7.83. The predicted octanol–water partition coefficient (Wildman–Crippen LogP) is 1.04. The maximum atomic E-state index is 12.8. The van der Waals surface area contributed by atoms with Crippen LogP contribution >= 0.6 is 0 Å². The first-order chi connectivity index (χ1) is 9.81. The fourth-order valence-corrected chi connectivity index (χ4v) is 2.84. The molecule has 0 aliphatic carbocycles. The van der Waals surface area contributed by atoms with E-state index in [9.17, 15) is 4.79 Å². The largest absolute Gasteiger partial charge is 0.491 e. The Balaban J connectivity index is 1.87. The number of para-hydroxylation sites is 2. The molecule has 1 aromatic carbocycles. The van der Waals surface area contributed by atoms with Crippen molar-refractivity contribution in [2.45, 2.75) is 12.5 Å². The van der Waals surface area contributed by atoms with E-state index in [0.29, 0.717) is 26.4 Å². The van der Waals surface area contributed by atoms with E-state index in [1.807, 2.05) is 36.2 Å². The molecule has 108 valence electrons. The van der Waals surface area contributed by atoms with Gasteiger partial charge in [0.15, 0.2) is 0 Å². The zero-order valence-corrected chi connectivity index (χ0v) is 11.7. The quantitative estimate of drug-likeness (QED) is 0.877. The second-order valence-corrected chi connectivity index (χ2v) is 5.20. The zero-order valence-electron chi connectivity index (χ0n) is 11.7. The maximum Gasteiger partial charge on any atom is 0.234 e. The third-order valence-electron chi connectivity index (χ3n) is 3.97. The Labute approximate surface area is 118 Å². The number of anilines is 1. The Morgan fingerprint density at radius 2 is 2.20 bits per heavy atom. The van der Waals surface area contributed by atoms with Crippen LogP contribution in [0, 0.1) is 5.92 Å². The minimum absolute atomic E-state index is 0.0961. The summed E-state index contributed by atoms with van der Waals surface area (Å²) in [6.45, 7) is 2.43. The fraction of sp³-hybridized carbons (Fsp3) is 0.533. The van der Waals surface area contributed by atoms with Crippen LogP contribution in [0.25, 0.3) is 0 Å². The van der Waals surface area contributed by atoms with Gasteiger partial charge in [0, 0.05) is 12.6 Å². The molecule has 1 aromatic rings. The smallest absolute Gasteiger partial charge is 0.234 e. The SMILES string of the molecule is CNC1COCC1C(=O)N1CCCOc2ccccc21. The average molecular weight is 276 g/mol. The molecule has 3 rings (SSSR count). The highest BCUT2D eigenvalue weighted by Gasteiger charge is 2.37. The van der Waals surface area contributed by atoms with Crippen molar-refractivity contribution in [3.05, 3.63) is 24.3 Å². The van der Waals surface area contributed by atoms with Gasteiger partial charge in [0.05, 0.1) is 31.4 Å². The van der Waals surface area contributed by atoms with Crippen molar-refractivity contribution in [2.75, 3.05) is 38.3 Å². The first kappa shape index (κ1) is 13.4. The number of nitrogens with one attached hydrogen (secondary N) is 1. The van der Waals surface area contributed by atoms with E-state index in [1.54, 1.807) is 0 Å². The molecular weight excluding hydrogens is 256 g/mol. The van der Waals surface area contributed by atoms with Crippen LogP contribution in [-0.2, 0) is 9.53 Å². The molecule has 2 unspecified atom stereocenters. The molecular formula is C15H20N2O3. The van der Waals surface area contributed by atoms with Gasteiger partial charge in [-0.05, 0) is 25.6 Å². The van der Waals surface area contributed by atoms with Gasteiger partial charge in [-0.1, -0.05) is 12.1 Å². The highest BCUT2D eigenvalue weighted by Crippen LogP contribution is 2.32. The predicted molar refractivity (Wildman–Crippen MR) is 76.1 cm³/mol. The van der Waals surface area contributed by atoms with Crippen molar-refractivity contribution in [3.63, 3.8) is 0 Å². The number of hydrogen-bond donors (Lipinski definition) is 1. The standard InChI is InChI=1S/C15H20N2O3/c1-16-12-10-19-9-11(12)15(18)17-7-4-8-20-14-6-3-2-5-13(14)17/h2-3,5-6,11-12,16H,4,7-10H2,1H3. The Morgan fingerprint density at radius 1 is 1.35 bits per heavy atom. The number of nitrogens with zero attached hydrogens (tertiary/aromatic N) is 1. The molecule has 2 heterocycles. The summed E-state index contributed by atoms with van der Waals surface area (Å²) in [6.07, 6.45) is 0.845. The molecule has 20 heavy (non-hydrogen) atoms. The molecule has 2 aliphatic heterocycles. The summed E-state index contributed by atoms with van der Waals surface area (Å²) in [5.74, 6) is 0.796. The molecule has 1 amide bonds. The molecule has 1 saturated heterocycles. The molecule has 2 aliphatic rings. The first-order valence-electron chi connectivity index (χ1n) is 7.09. The number of carbonyl (C=O) groups is 1. The Bertz CT molecular complexity index is 492. The lowest BCUT2D eigenvalue weighted by atomic mass is 10.0. The summed E-state index contributed by atoms with van der Waals surface area (Å²) in [5.41, 5.74) is 0.872. The summed E-state index contributed by atoms with van der Waals surface area (Å²) in [4.78, 5) is 14.7. The van der Waals surface area contributed by atoms with Gasteiger partial charge in [-0.2, -0.15) is 0 Å². The number of likely N-dealkylation sites (N-methyl/N-ethyl adjacent to an activating group) is 1. The van der Waals surface area contributed by atoms with Crippen molar-refractivity contribution >= 4 is 11.6 Å². The third-order valence-corrected chi connectivity index (χ3v) is 3.97. The molecule has 0 aromatic heterocycles. The lowest BCUT2D eigenvalue weighted by Gasteiger charge is -2.26. The normalized spacial score (nSPS) is 25.8. The van der Waals surface area contributed by atoms with Gasteiger partial charge in [-0.15, -0.1) is 0 Å². The molecule has 0 saturated carbocycles. The number of amides is 1. The minimum atomic E-state index is -0.119. The van der Waals surface area contributed by atoms with Crippen molar-refractivity contribution < 1.29 is 14.3 Å². The van der Waals surface area contributed by atoms with Crippen LogP contribution < -0.4 is 15.0 Å². The van der Waals surface area contributed by atoms with Gasteiger partial charge in [0.1, 0.15) is 5.75 Å². The number of benzene rings is 1. The molecule has 2 atom stereocenters. The summed E-state index contributed by atoms with van der Waals surface area (Å²) in [7, 11) is 1.87. The number of rotatable bonds is 2. The second kappa shape index (κ2) is 5.81. The molecule has 1 fully saturated rings. The molecule has 0 bridgehead atoms. The molecule has 0 spiro atoms. The lowest BCUT2D eigenvalue weighted by molar-refractivity contribution is -0.122. The van der Waals surface area contributed by atoms with Crippen molar-refractivity contribution in [1.82, 2.24) is 5.32 Å². The van der Waals surface area contributed by atoms with Gasteiger partial charge in [-0.3, -0.25) is 4.79 Å². The van der Waals surface area contributed by atoms with Gasteiger partial charge in [0.25, 0.3) is 0 Å². The average Bonchev–Trinajstić information content (AvgIpc) is 2.86. The molecule has 0 radical (unpaired) electrons. The molecule has 5 nitrogen and oxygen atoms in total. The van der Waals surface area contributed by atoms with E-state index >= 15 is 0 Å². The molecule has 5 heteroatoms. The highest BCUT2D eigenvalue weighted by molar-refractivity contribution is 5.97. The second-order valence-electron chi connectivity index (χ2n) is 5.20. The molecule has 1 N–H and O–H groups in total. The number of ether oxygens (including phenoxy) is 2. The van der Waals surface area contributed by atoms with E-state index in [1.165, 1.54) is 0 Å². The van der Waals surface area contributed by atoms with Gasteiger partial charge < -0.3 is 19.7 Å². The van der Waals surface area contributed by atoms with Gasteiger partial charge >= 0.3 is 0 Å². The van der Waals surface area contributed by atoms with E-state index in [-0.39, 0.29) is 17.9 Å². The van der Waals surface area contributed by atoms with E-state index in [2.05, 4.69) is 5.32 Å². The fourth-order valence-electron chi connectivity index (χ4n) is 2.84. The monoisotopic (exact) mass is 276 g/mol.